The van der Waals surface area contributed by atoms with Gasteiger partial charge in [-0.25, -0.2) is 0 Å². The van der Waals surface area contributed by atoms with Gasteiger partial charge < -0.3 is 10.2 Å². The monoisotopic (exact) mass is 118 g/mol. The number of hydrogen-bond donors (Lipinski definition) is 2. The number of aliphatic hydroxyl groups excluding tert-OH is 1. The lowest BCUT2D eigenvalue weighted by atomic mass is 10.8. The third-order valence-corrected chi connectivity index (χ3v) is 0.149. The maximum Gasteiger partial charge on any atom is 0.300 e. The van der Waals surface area contributed by atoms with Crippen LogP contribution in [-0.4, -0.2) is 16.2 Å². The van der Waals surface area contributed by atoms with E-state index in [1.165, 1.54) is 0 Å². The van der Waals surface area contributed by atoms with E-state index in [4.69, 9.17) is 15.0 Å². The van der Waals surface area contributed by atoms with E-state index in [0.29, 0.717) is 0 Å². The molecule has 0 rings (SSSR count). The molecule has 0 aliphatic heterocycles. The first-order chi connectivity index (χ1) is 3.65. The minimum absolute atomic E-state index is 0.833. The molecule has 0 saturated carbocycles. The molecule has 0 aliphatic carbocycles. The van der Waals surface area contributed by atoms with Gasteiger partial charge in [0, 0.05) is 6.92 Å². The number of carboxylic acid groups (broad SMARTS) is 1. The summed E-state index contributed by atoms with van der Waals surface area (Å²) >= 11 is 0. The Kier molecular flexibility index (Phi) is 11.8. The minimum Gasteiger partial charge on any atom is -0.516 e. The molecule has 8 heavy (non-hydrogen) atoms. The average molecular weight is 118 g/mol. The molecule has 0 fully saturated rings. The second-order valence-electron chi connectivity index (χ2n) is 1.00. The number of aliphatic carboxylic acids is 1. The van der Waals surface area contributed by atoms with Gasteiger partial charge in [-0.2, -0.15) is 0 Å². The second-order valence-corrected chi connectivity index (χ2v) is 1.00. The van der Waals surface area contributed by atoms with Gasteiger partial charge >= 0.3 is 0 Å². The molecule has 2 N–H and O–H groups in total. The summed E-state index contributed by atoms with van der Waals surface area (Å²) in [4.78, 5) is 9.00. The highest BCUT2D eigenvalue weighted by Crippen LogP contribution is 1.51. The summed E-state index contributed by atoms with van der Waals surface area (Å²) in [7, 11) is 0. The van der Waals surface area contributed by atoms with Crippen LogP contribution in [0.25, 0.3) is 0 Å². The van der Waals surface area contributed by atoms with Gasteiger partial charge in [0.25, 0.3) is 5.97 Å². The maximum absolute atomic E-state index is 9.00. The lowest BCUT2D eigenvalue weighted by molar-refractivity contribution is -0.134. The van der Waals surface area contributed by atoms with Crippen molar-refractivity contribution in [2.24, 2.45) is 0 Å². The molecule has 48 valence electrons. The zero-order valence-corrected chi connectivity index (χ0v) is 4.96. The quantitative estimate of drug-likeness (QED) is 0.469. The van der Waals surface area contributed by atoms with Crippen molar-refractivity contribution in [2.45, 2.75) is 13.8 Å². The van der Waals surface area contributed by atoms with E-state index in [-0.39, 0.29) is 0 Å². The topological polar surface area (TPSA) is 57.5 Å². The normalized spacial score (nSPS) is 7.75. The van der Waals surface area contributed by atoms with Crippen LogP contribution in [0.3, 0.4) is 0 Å². The van der Waals surface area contributed by atoms with Gasteiger partial charge in [-0.1, -0.05) is 6.08 Å². The highest BCUT2D eigenvalue weighted by atomic mass is 16.4. The van der Waals surface area contributed by atoms with Crippen LogP contribution in [-0.2, 0) is 4.79 Å². The Balaban J connectivity index is 0. The number of carboxylic acids is 1. The predicted octanol–water partition coefficient (Wildman–Crippen LogP) is 1.17. The van der Waals surface area contributed by atoms with Crippen molar-refractivity contribution in [2.75, 3.05) is 0 Å². The summed E-state index contributed by atoms with van der Waals surface area (Å²) < 4.78 is 0. The van der Waals surface area contributed by atoms with E-state index in [9.17, 15) is 0 Å². The fourth-order valence-corrected chi connectivity index (χ4v) is 0. The molecule has 0 saturated heterocycles. The van der Waals surface area contributed by atoms with E-state index >= 15 is 0 Å². The van der Waals surface area contributed by atoms with Crippen LogP contribution >= 0.6 is 0 Å². The van der Waals surface area contributed by atoms with Crippen LogP contribution < -0.4 is 0 Å². The molecule has 0 heterocycles. The molecular formula is C5H10O3. The summed E-state index contributed by atoms with van der Waals surface area (Å²) in [5.41, 5.74) is 0. The first kappa shape index (κ1) is 10.1. The molecule has 0 spiro atoms. The van der Waals surface area contributed by atoms with Crippen LogP contribution in [0.2, 0.25) is 0 Å². The molecule has 3 nitrogen and oxygen atoms in total. The summed E-state index contributed by atoms with van der Waals surface area (Å²) in [6.07, 6.45) is 2.56. The fourth-order valence-electron chi connectivity index (χ4n) is 0. The summed E-state index contributed by atoms with van der Waals surface area (Å²) in [5.74, 6) is -0.833. The molecular weight excluding hydrogens is 108 g/mol. The molecule has 0 unspecified atom stereocenters. The van der Waals surface area contributed by atoms with Gasteiger partial charge in [-0.3, -0.25) is 4.79 Å². The van der Waals surface area contributed by atoms with Gasteiger partial charge in [0.1, 0.15) is 0 Å². The Morgan fingerprint density at radius 2 is 1.75 bits per heavy atom. The van der Waals surface area contributed by atoms with Crippen molar-refractivity contribution in [3.8, 4) is 0 Å². The van der Waals surface area contributed by atoms with Crippen LogP contribution in [0.15, 0.2) is 12.3 Å². The molecule has 0 atom stereocenters. The van der Waals surface area contributed by atoms with Crippen molar-refractivity contribution in [1.29, 1.82) is 0 Å². The van der Waals surface area contributed by atoms with Crippen molar-refractivity contribution < 1.29 is 15.0 Å². The van der Waals surface area contributed by atoms with Crippen LogP contribution in [0.4, 0.5) is 0 Å². The Hall–Kier alpha value is -0.990. The predicted molar refractivity (Wildman–Crippen MR) is 30.8 cm³/mol. The molecule has 0 aliphatic rings. The number of aliphatic hydroxyl groups is 1. The van der Waals surface area contributed by atoms with E-state index in [2.05, 4.69) is 0 Å². The largest absolute Gasteiger partial charge is 0.516 e. The fraction of sp³-hybridized carbons (Fsp3) is 0.400. The Morgan fingerprint density at radius 3 is 1.75 bits per heavy atom. The third kappa shape index (κ3) is 806000. The van der Waals surface area contributed by atoms with Gasteiger partial charge in [0.2, 0.25) is 0 Å². The Labute approximate surface area is 48.3 Å². The number of rotatable bonds is 0. The molecule has 0 radical (unpaired) electrons. The van der Waals surface area contributed by atoms with Gasteiger partial charge in [0.15, 0.2) is 0 Å². The first-order valence-electron chi connectivity index (χ1n) is 2.10. The molecule has 0 aromatic carbocycles. The van der Waals surface area contributed by atoms with E-state index in [1.54, 1.807) is 13.0 Å². The number of allylic oxidation sites excluding steroid dienone is 1. The van der Waals surface area contributed by atoms with E-state index in [0.717, 1.165) is 13.2 Å². The highest BCUT2D eigenvalue weighted by Gasteiger charge is 1.65. The van der Waals surface area contributed by atoms with Crippen LogP contribution in [0, 0.1) is 0 Å². The van der Waals surface area contributed by atoms with Gasteiger partial charge in [-0.05, 0) is 6.92 Å². The molecule has 0 aromatic heterocycles. The third-order valence-electron chi connectivity index (χ3n) is 0.149. The first-order valence-corrected chi connectivity index (χ1v) is 2.10. The van der Waals surface area contributed by atoms with Crippen LogP contribution in [0.5, 0.6) is 0 Å². The second kappa shape index (κ2) is 9.38. The van der Waals surface area contributed by atoms with Gasteiger partial charge in [0.05, 0.1) is 6.26 Å². The maximum atomic E-state index is 9.00. The zero-order valence-electron chi connectivity index (χ0n) is 4.96. The molecule has 0 amide bonds. The van der Waals surface area contributed by atoms with Crippen LogP contribution in [0.1, 0.15) is 13.8 Å². The lowest BCUT2D eigenvalue weighted by Crippen LogP contribution is -1.78. The number of carbonyl (C=O) groups is 1. The van der Waals surface area contributed by atoms with Gasteiger partial charge in [-0.15, -0.1) is 0 Å². The average Bonchev–Trinajstić information content (AvgIpc) is 1.65. The summed E-state index contributed by atoms with van der Waals surface area (Å²) in [6.45, 7) is 2.83. The smallest absolute Gasteiger partial charge is 0.300 e. The minimum atomic E-state index is -0.833. The zero-order chi connectivity index (χ0) is 6.99. The highest BCUT2D eigenvalue weighted by molar-refractivity contribution is 5.62. The van der Waals surface area contributed by atoms with E-state index < -0.39 is 5.97 Å². The van der Waals surface area contributed by atoms with Crippen molar-refractivity contribution in [1.82, 2.24) is 0 Å². The van der Waals surface area contributed by atoms with Crippen molar-refractivity contribution in [3.63, 3.8) is 0 Å². The van der Waals surface area contributed by atoms with Crippen molar-refractivity contribution >= 4 is 5.97 Å². The standard InChI is InChI=1S/C3H6O.C2H4O2/c1-2-3-4;1-2(3)4/h2-4H,1H3;1H3,(H,3,4). The van der Waals surface area contributed by atoms with E-state index in [1.807, 2.05) is 0 Å². The SMILES string of the molecule is CC(=O)O.CC=CO. The Bertz CT molecular complexity index is 67.7. The number of hydrogen-bond acceptors (Lipinski definition) is 2. The molecule has 0 bridgehead atoms. The molecule has 0 aromatic rings. The molecule has 3 heteroatoms. The van der Waals surface area contributed by atoms with Crippen molar-refractivity contribution in [3.05, 3.63) is 12.3 Å². The summed E-state index contributed by atoms with van der Waals surface area (Å²) in [5, 5.41) is 15.1. The Morgan fingerprint density at radius 1 is 1.62 bits per heavy atom. The summed E-state index contributed by atoms with van der Waals surface area (Å²) in [6, 6.07) is 0. The lowest BCUT2D eigenvalue weighted by Gasteiger charge is -1.59.